The fraction of sp³-hybridized carbons (Fsp3) is 0.538. The standard InChI is InChI=1S/C13H17BrClNO/c14-11-5-1-4-10(13(11)15)12(16)7-6-9-3-2-8-17-9/h1,4-5,9,12H,2-3,6-8,16H2. The van der Waals surface area contributed by atoms with Crippen molar-refractivity contribution < 1.29 is 4.74 Å². The first kappa shape index (κ1) is 13.3. The van der Waals surface area contributed by atoms with Crippen LogP contribution in [-0.2, 0) is 4.74 Å². The molecule has 0 saturated carbocycles. The predicted molar refractivity (Wildman–Crippen MR) is 74.3 cm³/mol. The smallest absolute Gasteiger partial charge is 0.0595 e. The first-order chi connectivity index (χ1) is 8.18. The van der Waals surface area contributed by atoms with Crippen molar-refractivity contribution in [1.82, 2.24) is 0 Å². The molecule has 2 nitrogen and oxygen atoms in total. The lowest BCUT2D eigenvalue weighted by molar-refractivity contribution is 0.101. The van der Waals surface area contributed by atoms with E-state index in [1.165, 1.54) is 12.8 Å². The molecule has 0 spiro atoms. The van der Waals surface area contributed by atoms with E-state index in [0.717, 1.165) is 34.5 Å². The summed E-state index contributed by atoms with van der Waals surface area (Å²) in [5.74, 6) is 0. The van der Waals surface area contributed by atoms with Crippen molar-refractivity contribution >= 4 is 27.5 Å². The molecule has 4 heteroatoms. The van der Waals surface area contributed by atoms with E-state index in [9.17, 15) is 0 Å². The largest absolute Gasteiger partial charge is 0.378 e. The number of rotatable bonds is 4. The van der Waals surface area contributed by atoms with Gasteiger partial charge in [0.1, 0.15) is 0 Å². The van der Waals surface area contributed by atoms with E-state index in [2.05, 4.69) is 15.9 Å². The molecule has 1 aromatic rings. The topological polar surface area (TPSA) is 35.2 Å². The second-order valence-corrected chi connectivity index (χ2v) is 5.69. The van der Waals surface area contributed by atoms with Crippen LogP contribution in [0, 0.1) is 0 Å². The summed E-state index contributed by atoms with van der Waals surface area (Å²) in [5.41, 5.74) is 7.19. The molecule has 0 bridgehead atoms. The van der Waals surface area contributed by atoms with Crippen LogP contribution >= 0.6 is 27.5 Å². The Morgan fingerprint density at radius 1 is 1.53 bits per heavy atom. The molecule has 1 fully saturated rings. The van der Waals surface area contributed by atoms with Gasteiger partial charge in [-0.15, -0.1) is 0 Å². The van der Waals surface area contributed by atoms with Crippen molar-refractivity contribution in [3.05, 3.63) is 33.3 Å². The monoisotopic (exact) mass is 317 g/mol. The fourth-order valence-electron chi connectivity index (χ4n) is 2.20. The number of hydrogen-bond donors (Lipinski definition) is 1. The molecule has 0 aromatic heterocycles. The minimum Gasteiger partial charge on any atom is -0.378 e. The Morgan fingerprint density at radius 2 is 2.35 bits per heavy atom. The van der Waals surface area contributed by atoms with E-state index in [0.29, 0.717) is 6.10 Å². The second kappa shape index (κ2) is 6.19. The van der Waals surface area contributed by atoms with Crippen LogP contribution in [-0.4, -0.2) is 12.7 Å². The average molecular weight is 319 g/mol. The van der Waals surface area contributed by atoms with Crippen molar-refractivity contribution in [2.75, 3.05) is 6.61 Å². The quantitative estimate of drug-likeness (QED) is 0.908. The Morgan fingerprint density at radius 3 is 3.06 bits per heavy atom. The van der Waals surface area contributed by atoms with Crippen LogP contribution in [0.25, 0.3) is 0 Å². The van der Waals surface area contributed by atoms with Crippen LogP contribution in [0.4, 0.5) is 0 Å². The lowest BCUT2D eigenvalue weighted by atomic mass is 10.00. The fourth-order valence-corrected chi connectivity index (χ4v) is 2.85. The van der Waals surface area contributed by atoms with Gasteiger partial charge in [0, 0.05) is 17.1 Å². The van der Waals surface area contributed by atoms with Gasteiger partial charge in [-0.3, -0.25) is 0 Å². The molecule has 2 N–H and O–H groups in total. The molecular weight excluding hydrogens is 302 g/mol. The zero-order valence-electron chi connectivity index (χ0n) is 9.66. The zero-order valence-corrected chi connectivity index (χ0v) is 12.0. The molecule has 1 aliphatic heterocycles. The minimum atomic E-state index is -0.0100. The van der Waals surface area contributed by atoms with Crippen molar-refractivity contribution in [1.29, 1.82) is 0 Å². The first-order valence-corrected chi connectivity index (χ1v) is 7.16. The summed E-state index contributed by atoms with van der Waals surface area (Å²) in [7, 11) is 0. The Balaban J connectivity index is 1.94. The molecule has 17 heavy (non-hydrogen) atoms. The molecule has 0 amide bonds. The highest BCUT2D eigenvalue weighted by molar-refractivity contribution is 9.10. The number of halogens is 2. The van der Waals surface area contributed by atoms with Gasteiger partial charge >= 0.3 is 0 Å². The van der Waals surface area contributed by atoms with Gasteiger partial charge in [0.25, 0.3) is 0 Å². The Kier molecular flexibility index (Phi) is 4.86. The molecule has 1 saturated heterocycles. The maximum atomic E-state index is 6.23. The molecule has 2 unspecified atom stereocenters. The molecule has 0 aliphatic carbocycles. The Labute approximate surface area is 116 Å². The Bertz CT molecular complexity index is 380. The van der Waals surface area contributed by atoms with Gasteiger partial charge in [0.2, 0.25) is 0 Å². The third-order valence-electron chi connectivity index (χ3n) is 3.20. The molecular formula is C13H17BrClNO. The third-order valence-corrected chi connectivity index (χ3v) is 4.52. The highest BCUT2D eigenvalue weighted by atomic mass is 79.9. The molecule has 0 radical (unpaired) electrons. The number of hydrogen-bond acceptors (Lipinski definition) is 2. The van der Waals surface area contributed by atoms with Crippen molar-refractivity contribution in [3.63, 3.8) is 0 Å². The van der Waals surface area contributed by atoms with Crippen LogP contribution in [0.3, 0.4) is 0 Å². The molecule has 1 aliphatic rings. The van der Waals surface area contributed by atoms with Crippen LogP contribution < -0.4 is 5.73 Å². The maximum Gasteiger partial charge on any atom is 0.0595 e. The van der Waals surface area contributed by atoms with Crippen LogP contribution in [0.5, 0.6) is 0 Å². The van der Waals surface area contributed by atoms with Crippen LogP contribution in [0.1, 0.15) is 37.3 Å². The third kappa shape index (κ3) is 3.44. The molecule has 2 rings (SSSR count). The number of benzene rings is 1. The van der Waals surface area contributed by atoms with Gasteiger partial charge in [-0.05, 0) is 53.2 Å². The van der Waals surface area contributed by atoms with E-state index in [1.807, 2.05) is 18.2 Å². The SMILES string of the molecule is NC(CCC1CCCO1)c1cccc(Br)c1Cl. The minimum absolute atomic E-state index is 0.0100. The molecule has 1 heterocycles. The summed E-state index contributed by atoms with van der Waals surface area (Å²) in [6, 6.07) is 5.88. The van der Waals surface area contributed by atoms with E-state index in [1.54, 1.807) is 0 Å². The molecule has 2 atom stereocenters. The summed E-state index contributed by atoms with van der Waals surface area (Å²) in [6.45, 7) is 0.900. The van der Waals surface area contributed by atoms with Crippen molar-refractivity contribution in [3.8, 4) is 0 Å². The summed E-state index contributed by atoms with van der Waals surface area (Å²) in [4.78, 5) is 0. The predicted octanol–water partition coefficient (Wildman–Crippen LogP) is 4.06. The van der Waals surface area contributed by atoms with Gasteiger partial charge in [-0.1, -0.05) is 23.7 Å². The van der Waals surface area contributed by atoms with Crippen LogP contribution in [0.15, 0.2) is 22.7 Å². The lowest BCUT2D eigenvalue weighted by Gasteiger charge is -2.16. The second-order valence-electron chi connectivity index (χ2n) is 4.46. The average Bonchev–Trinajstić information content (AvgIpc) is 2.82. The molecule has 1 aromatic carbocycles. The lowest BCUT2D eigenvalue weighted by Crippen LogP contribution is -2.14. The van der Waals surface area contributed by atoms with Gasteiger partial charge in [-0.2, -0.15) is 0 Å². The van der Waals surface area contributed by atoms with Gasteiger partial charge in [0.15, 0.2) is 0 Å². The van der Waals surface area contributed by atoms with Gasteiger partial charge in [-0.25, -0.2) is 0 Å². The summed E-state index contributed by atoms with van der Waals surface area (Å²) >= 11 is 9.64. The van der Waals surface area contributed by atoms with Gasteiger partial charge in [0.05, 0.1) is 11.1 Å². The Hall–Kier alpha value is -0.0900. The number of ether oxygens (including phenoxy) is 1. The summed E-state index contributed by atoms with van der Waals surface area (Å²) < 4.78 is 6.50. The van der Waals surface area contributed by atoms with E-state index < -0.39 is 0 Å². The summed E-state index contributed by atoms with van der Waals surface area (Å²) in [5, 5.41) is 0.729. The first-order valence-electron chi connectivity index (χ1n) is 5.99. The van der Waals surface area contributed by atoms with Crippen LogP contribution in [0.2, 0.25) is 5.02 Å². The highest BCUT2D eigenvalue weighted by Crippen LogP contribution is 2.31. The van der Waals surface area contributed by atoms with E-state index >= 15 is 0 Å². The molecule has 94 valence electrons. The normalized spacial score (nSPS) is 21.7. The van der Waals surface area contributed by atoms with Crippen molar-refractivity contribution in [2.45, 2.75) is 37.8 Å². The highest BCUT2D eigenvalue weighted by Gasteiger charge is 2.18. The zero-order chi connectivity index (χ0) is 12.3. The van der Waals surface area contributed by atoms with Crippen molar-refractivity contribution in [2.24, 2.45) is 5.73 Å². The number of nitrogens with two attached hydrogens (primary N) is 1. The van der Waals surface area contributed by atoms with Gasteiger partial charge < -0.3 is 10.5 Å². The van der Waals surface area contributed by atoms with E-state index in [-0.39, 0.29) is 6.04 Å². The maximum absolute atomic E-state index is 6.23. The van der Waals surface area contributed by atoms with E-state index in [4.69, 9.17) is 22.1 Å². The summed E-state index contributed by atoms with van der Waals surface area (Å²) in [6.07, 6.45) is 4.67.